The average Bonchev–Trinajstić information content (AvgIpc) is 3.81. The first-order valence-corrected chi connectivity index (χ1v) is 27.7. The Kier molecular flexibility index (Phi) is 24.2. The molecule has 7 atom stereocenters. The SMILES string of the molecule is CC[C@H](C)[C@H](CC(=O)[C@H]1CCCCN1C)C(=O)N(COC(=O)CC(C)C)[C@H](C[C@@H](OC(C)=O)c1nc(C(=O)N[C@@H](Cc2ccc(O)cc2)C[C@H](C)C(=O)CCCSSc2ccccn2)cs1)C(C)C. The van der Waals surface area contributed by atoms with Crippen molar-refractivity contribution < 1.29 is 43.3 Å². The summed E-state index contributed by atoms with van der Waals surface area (Å²) in [5, 5.41) is 15.9. The zero-order valence-electron chi connectivity index (χ0n) is 42.0. The first-order valence-electron chi connectivity index (χ1n) is 24.5. The van der Waals surface area contributed by atoms with Gasteiger partial charge in [0, 0.05) is 73.9 Å². The van der Waals surface area contributed by atoms with Crippen LogP contribution < -0.4 is 5.32 Å². The van der Waals surface area contributed by atoms with Crippen molar-refractivity contribution in [3.63, 3.8) is 0 Å². The van der Waals surface area contributed by atoms with Crippen LogP contribution in [0, 0.1) is 29.6 Å². The maximum Gasteiger partial charge on any atom is 0.307 e. The number of likely N-dealkylation sites (N-methyl/N-ethyl adjacent to an activating group) is 1. The van der Waals surface area contributed by atoms with E-state index in [1.807, 2.05) is 73.7 Å². The number of carbonyl (C=O) groups excluding carboxylic acids is 6. The minimum atomic E-state index is -0.978. The molecule has 380 valence electrons. The minimum absolute atomic E-state index is 0.0214. The van der Waals surface area contributed by atoms with E-state index in [-0.39, 0.29) is 84.6 Å². The Balaban J connectivity index is 1.56. The number of carbonyl (C=O) groups is 6. The summed E-state index contributed by atoms with van der Waals surface area (Å²) >= 11 is 1.15. The summed E-state index contributed by atoms with van der Waals surface area (Å²) in [7, 11) is 5.18. The lowest BCUT2D eigenvalue weighted by molar-refractivity contribution is -0.162. The van der Waals surface area contributed by atoms with E-state index in [9.17, 15) is 29.1 Å². The van der Waals surface area contributed by atoms with Crippen molar-refractivity contribution >= 4 is 68.2 Å². The van der Waals surface area contributed by atoms with Crippen molar-refractivity contribution in [3.8, 4) is 5.75 Å². The molecule has 3 heterocycles. The van der Waals surface area contributed by atoms with Gasteiger partial charge in [-0.3, -0.25) is 33.7 Å². The molecule has 0 bridgehead atoms. The maximum atomic E-state index is 15.0. The predicted molar refractivity (Wildman–Crippen MR) is 274 cm³/mol. The molecule has 1 fully saturated rings. The first kappa shape index (κ1) is 57.3. The number of aromatic hydroxyl groups is 1. The van der Waals surface area contributed by atoms with Crippen LogP contribution in [0.3, 0.4) is 0 Å². The van der Waals surface area contributed by atoms with Gasteiger partial charge in [-0.2, -0.15) is 0 Å². The third-order valence-electron chi connectivity index (χ3n) is 12.8. The molecule has 0 radical (unpaired) electrons. The third-order valence-corrected chi connectivity index (χ3v) is 16.1. The van der Waals surface area contributed by atoms with Crippen LogP contribution in [0.15, 0.2) is 59.1 Å². The van der Waals surface area contributed by atoms with Crippen molar-refractivity contribution in [1.29, 1.82) is 0 Å². The minimum Gasteiger partial charge on any atom is -0.508 e. The molecule has 3 aromatic rings. The van der Waals surface area contributed by atoms with Gasteiger partial charge in [-0.1, -0.05) is 90.3 Å². The number of hydrogen-bond donors (Lipinski definition) is 2. The number of Topliss-reactive ketones (excluding diaryl/α,β-unsaturated/α-hetero) is 2. The van der Waals surface area contributed by atoms with Gasteiger partial charge in [0.1, 0.15) is 27.3 Å². The molecule has 4 rings (SSSR count). The molecule has 14 nitrogen and oxygen atoms in total. The van der Waals surface area contributed by atoms with Crippen molar-refractivity contribution in [3.05, 3.63) is 70.3 Å². The van der Waals surface area contributed by atoms with E-state index in [1.165, 1.54) is 6.92 Å². The lowest BCUT2D eigenvalue weighted by Gasteiger charge is -2.39. The summed E-state index contributed by atoms with van der Waals surface area (Å²) in [5.41, 5.74) is 0.966. The number of thiazole rings is 1. The van der Waals surface area contributed by atoms with Gasteiger partial charge in [-0.15, -0.1) is 11.3 Å². The van der Waals surface area contributed by atoms with Gasteiger partial charge in [-0.05, 0) is 104 Å². The molecule has 2 N–H and O–H groups in total. The number of phenolic OH excluding ortho intramolecular Hbond substituents is 1. The Hall–Kier alpha value is -4.32. The number of amides is 2. The lowest BCUT2D eigenvalue weighted by atomic mass is 9.82. The molecule has 1 aliphatic heterocycles. The number of phenols is 1. The topological polar surface area (TPSA) is 185 Å². The van der Waals surface area contributed by atoms with Gasteiger partial charge in [-0.25, -0.2) is 9.97 Å². The second-order valence-electron chi connectivity index (χ2n) is 19.2. The monoisotopic (exact) mass is 1010 g/mol. The van der Waals surface area contributed by atoms with Crippen molar-refractivity contribution in [2.75, 3.05) is 26.1 Å². The number of rotatable bonds is 29. The van der Waals surface area contributed by atoms with Crippen LogP contribution in [0.1, 0.15) is 147 Å². The second kappa shape index (κ2) is 29.1. The normalized spacial score (nSPS) is 16.8. The number of esters is 2. The number of pyridine rings is 1. The molecule has 1 saturated heterocycles. The molecule has 17 heteroatoms. The summed E-state index contributed by atoms with van der Waals surface area (Å²) in [6, 6.07) is 11.1. The van der Waals surface area contributed by atoms with E-state index in [0.29, 0.717) is 37.1 Å². The molecule has 1 aliphatic rings. The molecule has 1 aromatic carbocycles. The van der Waals surface area contributed by atoms with Crippen LogP contribution in [0.2, 0.25) is 0 Å². The predicted octanol–water partition coefficient (Wildman–Crippen LogP) is 9.90. The van der Waals surface area contributed by atoms with Gasteiger partial charge in [0.25, 0.3) is 5.91 Å². The largest absolute Gasteiger partial charge is 0.508 e. The summed E-state index contributed by atoms with van der Waals surface area (Å²) in [5.74, 6) is -2.18. The summed E-state index contributed by atoms with van der Waals surface area (Å²) in [6.07, 6.45) is 6.29. The molecule has 0 unspecified atom stereocenters. The lowest BCUT2D eigenvalue weighted by Crippen LogP contribution is -2.50. The molecule has 0 spiro atoms. The summed E-state index contributed by atoms with van der Waals surface area (Å²) in [6.45, 7) is 15.3. The van der Waals surface area contributed by atoms with Crippen molar-refractivity contribution in [1.82, 2.24) is 25.1 Å². The number of nitrogens with one attached hydrogen (secondary N) is 1. The van der Waals surface area contributed by atoms with E-state index in [1.54, 1.807) is 62.3 Å². The molecular weight excluding hydrogens is 935 g/mol. The number of likely N-dealkylation sites (tertiary alicyclic amines) is 1. The number of hydrogen-bond acceptors (Lipinski definition) is 15. The van der Waals surface area contributed by atoms with Crippen LogP contribution in [0.4, 0.5) is 0 Å². The highest BCUT2D eigenvalue weighted by Crippen LogP contribution is 2.34. The number of benzene rings is 1. The van der Waals surface area contributed by atoms with E-state index in [2.05, 4.69) is 15.2 Å². The maximum absolute atomic E-state index is 15.0. The Morgan fingerprint density at radius 3 is 2.36 bits per heavy atom. The van der Waals surface area contributed by atoms with Crippen LogP contribution in [-0.4, -0.2) is 104 Å². The van der Waals surface area contributed by atoms with Crippen molar-refractivity contribution in [2.24, 2.45) is 29.6 Å². The smallest absolute Gasteiger partial charge is 0.307 e. The number of piperidine rings is 1. The van der Waals surface area contributed by atoms with Crippen LogP contribution in [0.25, 0.3) is 0 Å². The van der Waals surface area contributed by atoms with E-state index in [0.717, 1.165) is 53.5 Å². The van der Waals surface area contributed by atoms with Gasteiger partial charge >= 0.3 is 11.9 Å². The van der Waals surface area contributed by atoms with E-state index < -0.39 is 42.0 Å². The van der Waals surface area contributed by atoms with Crippen molar-refractivity contribution in [2.45, 2.75) is 155 Å². The Bertz CT molecular complexity index is 2100. The summed E-state index contributed by atoms with van der Waals surface area (Å²) in [4.78, 5) is 94.9. The highest BCUT2D eigenvalue weighted by Gasteiger charge is 2.40. The van der Waals surface area contributed by atoms with Crippen LogP contribution in [-0.2, 0) is 39.9 Å². The van der Waals surface area contributed by atoms with Gasteiger partial charge in [0.15, 0.2) is 18.6 Å². The van der Waals surface area contributed by atoms with E-state index in [4.69, 9.17) is 14.5 Å². The number of ketones is 2. The molecule has 0 aliphatic carbocycles. The first-order chi connectivity index (χ1) is 32.9. The molecular formula is C52H75N5O9S3. The quantitative estimate of drug-likeness (QED) is 0.0290. The van der Waals surface area contributed by atoms with Gasteiger partial charge in [0.2, 0.25) is 5.91 Å². The van der Waals surface area contributed by atoms with Gasteiger partial charge < -0.3 is 24.8 Å². The third kappa shape index (κ3) is 19.1. The zero-order chi connectivity index (χ0) is 50.6. The number of nitrogens with zero attached hydrogens (tertiary/aromatic N) is 4. The number of ether oxygens (including phenoxy) is 2. The van der Waals surface area contributed by atoms with Crippen LogP contribution >= 0.6 is 32.9 Å². The second-order valence-corrected chi connectivity index (χ2v) is 22.6. The highest BCUT2D eigenvalue weighted by atomic mass is 33.1. The Morgan fingerprint density at radius 2 is 1.72 bits per heavy atom. The molecule has 0 saturated carbocycles. The standard InChI is InChI=1S/C52H75N5O9S3/c1-10-35(6)41(29-46(61)43-16-12-14-24-56(43)9)52(64)57(32-65-49(62)26-33(2)3)44(34(4)5)30-47(66-37(8)58)51-55-42(31-67-51)50(63)54-39(28-38-19-21-40(59)22-20-38)27-36(7)45(60)17-15-25-68-69-48-18-11-13-23-53-48/h11,13,18-23,31,33-36,39,41,43-44,47,59H,10,12,14-17,24-30,32H2,1-9H3,(H,54,63)/t35-,36-,39+,41-,43+,44+,47+/m0/s1. The molecule has 69 heavy (non-hydrogen) atoms. The molecule has 2 aromatic heterocycles. The van der Waals surface area contributed by atoms with Crippen LogP contribution in [0.5, 0.6) is 5.75 Å². The fourth-order valence-electron chi connectivity index (χ4n) is 8.62. The fraction of sp³-hybridized carbons (Fsp3) is 0.615. The Morgan fingerprint density at radius 1 is 0.986 bits per heavy atom. The van der Waals surface area contributed by atoms with Gasteiger partial charge in [0.05, 0.1) is 6.04 Å². The number of aromatic nitrogens is 2. The average molecular weight is 1010 g/mol. The highest BCUT2D eigenvalue weighted by molar-refractivity contribution is 8.76. The van der Waals surface area contributed by atoms with E-state index >= 15 is 4.79 Å². The molecule has 2 amide bonds. The summed E-state index contributed by atoms with van der Waals surface area (Å²) < 4.78 is 11.7. The fourth-order valence-corrected chi connectivity index (χ4v) is 11.4. The Labute approximate surface area is 421 Å². The zero-order valence-corrected chi connectivity index (χ0v) is 44.5.